The van der Waals surface area contributed by atoms with E-state index in [2.05, 4.69) is 17.6 Å². The molecule has 2 heteroatoms. The van der Waals surface area contributed by atoms with E-state index in [-0.39, 0.29) is 0 Å². The molecular weight excluding hydrogens is 196 g/mol. The predicted molar refractivity (Wildman–Crippen MR) is 69.7 cm³/mol. The molecule has 2 rings (SSSR count). The van der Waals surface area contributed by atoms with Crippen molar-refractivity contribution in [2.75, 3.05) is 13.1 Å². The van der Waals surface area contributed by atoms with E-state index < -0.39 is 0 Å². The van der Waals surface area contributed by atoms with Crippen molar-refractivity contribution in [2.45, 2.75) is 70.4 Å². The Hall–Kier alpha value is -0.0800. The predicted octanol–water partition coefficient (Wildman–Crippen LogP) is 2.69. The Balaban J connectivity index is 1.40. The summed E-state index contributed by atoms with van der Waals surface area (Å²) in [4.78, 5) is 0. The fraction of sp³-hybridized carbons (Fsp3) is 1.00. The average molecular weight is 224 g/mol. The zero-order chi connectivity index (χ0) is 11.2. The molecule has 2 aliphatic rings. The van der Waals surface area contributed by atoms with Crippen LogP contribution in [0.1, 0.15) is 58.3 Å². The first-order valence-electron chi connectivity index (χ1n) is 7.31. The third-order valence-corrected chi connectivity index (χ3v) is 4.05. The van der Waals surface area contributed by atoms with Crippen molar-refractivity contribution in [2.24, 2.45) is 5.92 Å². The molecule has 16 heavy (non-hydrogen) atoms. The highest BCUT2D eigenvalue weighted by Gasteiger charge is 2.20. The summed E-state index contributed by atoms with van der Waals surface area (Å²) in [5.74, 6) is 1.06. The lowest BCUT2D eigenvalue weighted by Crippen LogP contribution is -2.37. The van der Waals surface area contributed by atoms with Crippen LogP contribution in [-0.2, 0) is 0 Å². The second-order valence-corrected chi connectivity index (χ2v) is 5.83. The van der Waals surface area contributed by atoms with Crippen molar-refractivity contribution in [1.29, 1.82) is 0 Å². The molecule has 0 radical (unpaired) electrons. The SMILES string of the molecule is CC(CNC1CC1)NCCCC1CCCC1. The minimum atomic E-state index is 0.643. The molecule has 2 fully saturated rings. The maximum atomic E-state index is 3.63. The summed E-state index contributed by atoms with van der Waals surface area (Å²) in [5, 5.41) is 7.20. The van der Waals surface area contributed by atoms with Crippen molar-refractivity contribution in [1.82, 2.24) is 10.6 Å². The van der Waals surface area contributed by atoms with Gasteiger partial charge in [0.1, 0.15) is 0 Å². The quantitative estimate of drug-likeness (QED) is 0.619. The van der Waals surface area contributed by atoms with Crippen LogP contribution in [0.4, 0.5) is 0 Å². The summed E-state index contributed by atoms with van der Waals surface area (Å²) in [6, 6.07) is 1.49. The number of hydrogen-bond donors (Lipinski definition) is 2. The molecule has 1 atom stereocenters. The second kappa shape index (κ2) is 6.61. The van der Waals surface area contributed by atoms with Gasteiger partial charge in [-0.2, -0.15) is 0 Å². The van der Waals surface area contributed by atoms with Crippen molar-refractivity contribution >= 4 is 0 Å². The molecule has 0 saturated heterocycles. The van der Waals surface area contributed by atoms with Crippen LogP contribution in [0.5, 0.6) is 0 Å². The van der Waals surface area contributed by atoms with Crippen molar-refractivity contribution in [3.05, 3.63) is 0 Å². The van der Waals surface area contributed by atoms with Gasteiger partial charge in [-0.3, -0.25) is 0 Å². The smallest absolute Gasteiger partial charge is 0.0164 e. The molecule has 0 aromatic carbocycles. The molecule has 0 amide bonds. The Bertz CT molecular complexity index is 183. The summed E-state index contributed by atoms with van der Waals surface area (Å²) in [6.45, 7) is 4.66. The normalized spacial score (nSPS) is 23.8. The van der Waals surface area contributed by atoms with Crippen LogP contribution in [0.25, 0.3) is 0 Å². The van der Waals surface area contributed by atoms with Gasteiger partial charge in [0.15, 0.2) is 0 Å². The third kappa shape index (κ3) is 4.84. The van der Waals surface area contributed by atoms with E-state index in [1.54, 1.807) is 0 Å². The van der Waals surface area contributed by atoms with E-state index in [1.807, 2.05) is 0 Å². The summed E-state index contributed by atoms with van der Waals surface area (Å²) in [6.07, 6.45) is 11.6. The molecule has 0 aromatic heterocycles. The van der Waals surface area contributed by atoms with E-state index in [9.17, 15) is 0 Å². The van der Waals surface area contributed by atoms with Crippen LogP contribution in [0.15, 0.2) is 0 Å². The molecule has 0 bridgehead atoms. The molecule has 0 aliphatic heterocycles. The van der Waals surface area contributed by atoms with Crippen molar-refractivity contribution < 1.29 is 0 Å². The monoisotopic (exact) mass is 224 g/mol. The van der Waals surface area contributed by atoms with Gasteiger partial charge in [0, 0.05) is 18.6 Å². The average Bonchev–Trinajstić information content (AvgIpc) is 2.97. The summed E-state index contributed by atoms with van der Waals surface area (Å²) in [7, 11) is 0. The van der Waals surface area contributed by atoms with Gasteiger partial charge in [-0.15, -0.1) is 0 Å². The molecule has 0 spiro atoms. The van der Waals surface area contributed by atoms with E-state index >= 15 is 0 Å². The highest BCUT2D eigenvalue weighted by Crippen LogP contribution is 2.28. The number of nitrogens with one attached hydrogen (secondary N) is 2. The molecule has 2 nitrogen and oxygen atoms in total. The van der Waals surface area contributed by atoms with Gasteiger partial charge in [0.2, 0.25) is 0 Å². The van der Waals surface area contributed by atoms with E-state index in [1.165, 1.54) is 57.9 Å². The lowest BCUT2D eigenvalue weighted by Gasteiger charge is -2.15. The van der Waals surface area contributed by atoms with Crippen molar-refractivity contribution in [3.8, 4) is 0 Å². The maximum Gasteiger partial charge on any atom is 0.0164 e. The van der Waals surface area contributed by atoms with Gasteiger partial charge < -0.3 is 10.6 Å². The second-order valence-electron chi connectivity index (χ2n) is 5.83. The number of hydrogen-bond acceptors (Lipinski definition) is 2. The lowest BCUT2D eigenvalue weighted by molar-refractivity contribution is 0.442. The molecule has 0 heterocycles. The third-order valence-electron chi connectivity index (χ3n) is 4.05. The maximum absolute atomic E-state index is 3.63. The number of rotatable bonds is 8. The fourth-order valence-corrected chi connectivity index (χ4v) is 2.74. The first-order valence-corrected chi connectivity index (χ1v) is 7.31. The highest BCUT2D eigenvalue weighted by atomic mass is 15.0. The van der Waals surface area contributed by atoms with E-state index in [4.69, 9.17) is 0 Å². The van der Waals surface area contributed by atoms with Gasteiger partial charge in [0.25, 0.3) is 0 Å². The van der Waals surface area contributed by atoms with Gasteiger partial charge in [0.05, 0.1) is 0 Å². The summed E-state index contributed by atoms with van der Waals surface area (Å²) in [5.41, 5.74) is 0. The van der Waals surface area contributed by atoms with Crippen LogP contribution in [0.3, 0.4) is 0 Å². The van der Waals surface area contributed by atoms with Crippen LogP contribution in [0.2, 0.25) is 0 Å². The molecule has 94 valence electrons. The molecular formula is C14H28N2. The van der Waals surface area contributed by atoms with Gasteiger partial charge >= 0.3 is 0 Å². The molecule has 1 unspecified atom stereocenters. The van der Waals surface area contributed by atoms with E-state index in [0.717, 1.165) is 18.5 Å². The highest BCUT2D eigenvalue weighted by molar-refractivity contribution is 4.82. The van der Waals surface area contributed by atoms with Crippen LogP contribution in [0, 0.1) is 5.92 Å². The Labute approximate surface area is 101 Å². The standard InChI is InChI=1S/C14H28N2/c1-12(11-16-14-8-9-14)15-10-4-7-13-5-2-3-6-13/h12-16H,2-11H2,1H3. The lowest BCUT2D eigenvalue weighted by atomic mass is 10.0. The Morgan fingerprint density at radius 2 is 1.88 bits per heavy atom. The molecule has 0 aromatic rings. The van der Waals surface area contributed by atoms with Gasteiger partial charge in [-0.1, -0.05) is 25.7 Å². The fourth-order valence-electron chi connectivity index (χ4n) is 2.74. The minimum absolute atomic E-state index is 0.643. The van der Waals surface area contributed by atoms with Crippen LogP contribution in [-0.4, -0.2) is 25.2 Å². The zero-order valence-electron chi connectivity index (χ0n) is 10.8. The zero-order valence-corrected chi connectivity index (χ0v) is 10.8. The first kappa shape index (κ1) is 12.4. The minimum Gasteiger partial charge on any atom is -0.313 e. The Kier molecular flexibility index (Phi) is 5.11. The molecule has 2 aliphatic carbocycles. The topological polar surface area (TPSA) is 24.1 Å². The molecule has 2 N–H and O–H groups in total. The first-order chi connectivity index (χ1) is 7.84. The van der Waals surface area contributed by atoms with Crippen LogP contribution >= 0.6 is 0 Å². The summed E-state index contributed by atoms with van der Waals surface area (Å²) >= 11 is 0. The molecule has 2 saturated carbocycles. The van der Waals surface area contributed by atoms with Crippen molar-refractivity contribution in [3.63, 3.8) is 0 Å². The Morgan fingerprint density at radius 1 is 1.12 bits per heavy atom. The van der Waals surface area contributed by atoms with Gasteiger partial charge in [-0.25, -0.2) is 0 Å². The van der Waals surface area contributed by atoms with Crippen LogP contribution < -0.4 is 10.6 Å². The van der Waals surface area contributed by atoms with Gasteiger partial charge in [-0.05, 0) is 45.1 Å². The largest absolute Gasteiger partial charge is 0.313 e. The van der Waals surface area contributed by atoms with E-state index in [0.29, 0.717) is 6.04 Å². The summed E-state index contributed by atoms with van der Waals surface area (Å²) < 4.78 is 0. The Morgan fingerprint density at radius 3 is 2.56 bits per heavy atom.